The van der Waals surface area contributed by atoms with Gasteiger partial charge in [0.15, 0.2) is 0 Å². The van der Waals surface area contributed by atoms with Crippen molar-refractivity contribution >= 4 is 0 Å². The molecule has 1 aromatic rings. The van der Waals surface area contributed by atoms with Gasteiger partial charge in [-0.3, -0.25) is 0 Å². The number of rotatable bonds is 5. The topological polar surface area (TPSA) is 32.7 Å². The second-order valence-electron chi connectivity index (χ2n) is 6.10. The van der Waals surface area contributed by atoms with Gasteiger partial charge in [-0.25, -0.2) is 0 Å². The molecule has 0 amide bonds. The molecule has 3 nitrogen and oxygen atoms in total. The van der Waals surface area contributed by atoms with Crippen LogP contribution in [0.3, 0.4) is 0 Å². The number of aliphatic hydroxyl groups excluding tert-OH is 1. The number of piperidine rings is 1. The van der Waals surface area contributed by atoms with Crippen molar-refractivity contribution in [2.75, 3.05) is 26.7 Å². The van der Waals surface area contributed by atoms with Gasteiger partial charge in [-0.1, -0.05) is 18.6 Å². The molecule has 2 unspecified atom stereocenters. The third-order valence-corrected chi connectivity index (χ3v) is 4.20. The molecular formula is C17H27NO2. The Labute approximate surface area is 122 Å². The van der Waals surface area contributed by atoms with E-state index in [1.54, 1.807) is 7.11 Å². The Hall–Kier alpha value is -1.06. The number of hydrogen-bond acceptors (Lipinski definition) is 3. The fraction of sp³-hybridized carbons (Fsp3) is 0.647. The predicted molar refractivity (Wildman–Crippen MR) is 82.1 cm³/mol. The molecule has 0 aromatic heterocycles. The molecule has 2 rings (SSSR count). The molecule has 1 N–H and O–H groups in total. The molecule has 3 heteroatoms. The third-order valence-electron chi connectivity index (χ3n) is 4.20. The summed E-state index contributed by atoms with van der Waals surface area (Å²) in [6.45, 7) is 7.65. The van der Waals surface area contributed by atoms with E-state index in [9.17, 15) is 5.11 Å². The summed E-state index contributed by atoms with van der Waals surface area (Å²) in [5.74, 6) is 1.57. The highest BCUT2D eigenvalue weighted by Gasteiger charge is 2.19. The number of aryl methyl sites for hydroxylation is 1. The van der Waals surface area contributed by atoms with Crippen LogP contribution in [-0.4, -0.2) is 36.8 Å². The van der Waals surface area contributed by atoms with E-state index in [2.05, 4.69) is 11.8 Å². The van der Waals surface area contributed by atoms with Gasteiger partial charge in [-0.15, -0.1) is 0 Å². The molecule has 20 heavy (non-hydrogen) atoms. The summed E-state index contributed by atoms with van der Waals surface area (Å²) in [6, 6.07) is 5.99. The van der Waals surface area contributed by atoms with Crippen molar-refractivity contribution in [2.45, 2.75) is 39.2 Å². The van der Waals surface area contributed by atoms with Crippen molar-refractivity contribution in [1.82, 2.24) is 4.90 Å². The van der Waals surface area contributed by atoms with E-state index in [0.29, 0.717) is 0 Å². The smallest absolute Gasteiger partial charge is 0.124 e. The zero-order valence-electron chi connectivity index (χ0n) is 12.9. The van der Waals surface area contributed by atoms with Gasteiger partial charge >= 0.3 is 0 Å². The lowest BCUT2D eigenvalue weighted by atomic mass is 9.99. The Bertz CT molecular complexity index is 433. The van der Waals surface area contributed by atoms with Crippen LogP contribution in [0.25, 0.3) is 0 Å². The minimum atomic E-state index is -0.443. The number of hydrogen-bond donors (Lipinski definition) is 1. The zero-order valence-corrected chi connectivity index (χ0v) is 12.9. The molecule has 1 fully saturated rings. The SMILES string of the molecule is COc1ccc(C)cc1C(O)CCN1CCCC(C)C1. The van der Waals surface area contributed by atoms with Crippen LogP contribution in [0.15, 0.2) is 18.2 Å². The van der Waals surface area contributed by atoms with Gasteiger partial charge in [-0.2, -0.15) is 0 Å². The number of benzene rings is 1. The zero-order chi connectivity index (χ0) is 14.5. The van der Waals surface area contributed by atoms with Crippen molar-refractivity contribution in [1.29, 1.82) is 0 Å². The lowest BCUT2D eigenvalue weighted by molar-refractivity contribution is 0.120. The van der Waals surface area contributed by atoms with Crippen LogP contribution >= 0.6 is 0 Å². The predicted octanol–water partition coefficient (Wildman–Crippen LogP) is 3.16. The number of aliphatic hydroxyl groups is 1. The van der Waals surface area contributed by atoms with Gasteiger partial charge in [0.05, 0.1) is 13.2 Å². The molecule has 0 bridgehead atoms. The van der Waals surface area contributed by atoms with Crippen LogP contribution in [0.5, 0.6) is 5.75 Å². The van der Waals surface area contributed by atoms with Gasteiger partial charge in [0.25, 0.3) is 0 Å². The number of methoxy groups -OCH3 is 1. The summed E-state index contributed by atoms with van der Waals surface area (Å²) in [5.41, 5.74) is 2.07. The van der Waals surface area contributed by atoms with Gasteiger partial charge < -0.3 is 14.7 Å². The normalized spacial score (nSPS) is 21.7. The highest BCUT2D eigenvalue weighted by Crippen LogP contribution is 2.28. The van der Waals surface area contributed by atoms with Crippen LogP contribution < -0.4 is 4.74 Å². The monoisotopic (exact) mass is 277 g/mol. The molecule has 1 aromatic carbocycles. The molecule has 0 aliphatic carbocycles. The van der Waals surface area contributed by atoms with Gasteiger partial charge in [0.2, 0.25) is 0 Å². The average molecular weight is 277 g/mol. The summed E-state index contributed by atoms with van der Waals surface area (Å²) in [5, 5.41) is 10.4. The van der Waals surface area contributed by atoms with Crippen molar-refractivity contribution in [3.63, 3.8) is 0 Å². The maximum absolute atomic E-state index is 10.4. The molecular weight excluding hydrogens is 250 g/mol. The van der Waals surface area contributed by atoms with Gasteiger partial charge in [0, 0.05) is 18.7 Å². The van der Waals surface area contributed by atoms with E-state index < -0.39 is 6.10 Å². The molecule has 0 spiro atoms. The Morgan fingerprint density at radius 3 is 2.95 bits per heavy atom. The van der Waals surface area contributed by atoms with Crippen LogP contribution in [0.4, 0.5) is 0 Å². The fourth-order valence-corrected chi connectivity index (χ4v) is 3.06. The third kappa shape index (κ3) is 3.97. The average Bonchev–Trinajstić information content (AvgIpc) is 2.45. The van der Waals surface area contributed by atoms with E-state index in [1.165, 1.54) is 19.4 Å². The molecule has 1 saturated heterocycles. The van der Waals surface area contributed by atoms with E-state index >= 15 is 0 Å². The highest BCUT2D eigenvalue weighted by atomic mass is 16.5. The molecule has 1 aliphatic heterocycles. The Morgan fingerprint density at radius 2 is 2.25 bits per heavy atom. The first-order chi connectivity index (χ1) is 9.60. The lowest BCUT2D eigenvalue weighted by Gasteiger charge is -2.31. The summed E-state index contributed by atoms with van der Waals surface area (Å²) in [7, 11) is 1.66. The molecule has 2 atom stereocenters. The Morgan fingerprint density at radius 1 is 1.45 bits per heavy atom. The van der Waals surface area contributed by atoms with E-state index in [0.717, 1.165) is 42.3 Å². The maximum atomic E-state index is 10.4. The van der Waals surface area contributed by atoms with Crippen LogP contribution in [0.2, 0.25) is 0 Å². The van der Waals surface area contributed by atoms with Gasteiger partial charge in [0.1, 0.15) is 5.75 Å². The van der Waals surface area contributed by atoms with Crippen LogP contribution in [0.1, 0.15) is 43.4 Å². The second kappa shape index (κ2) is 7.09. The fourth-order valence-electron chi connectivity index (χ4n) is 3.06. The molecule has 0 radical (unpaired) electrons. The number of nitrogens with zero attached hydrogens (tertiary/aromatic N) is 1. The summed E-state index contributed by atoms with van der Waals surface area (Å²) in [4.78, 5) is 2.47. The minimum Gasteiger partial charge on any atom is -0.496 e. The van der Waals surface area contributed by atoms with E-state index in [1.807, 2.05) is 25.1 Å². The molecule has 0 saturated carbocycles. The van der Waals surface area contributed by atoms with Crippen molar-refractivity contribution < 1.29 is 9.84 Å². The van der Waals surface area contributed by atoms with Crippen molar-refractivity contribution in [3.8, 4) is 5.75 Å². The Kier molecular flexibility index (Phi) is 5.44. The Balaban J connectivity index is 1.94. The van der Waals surface area contributed by atoms with Crippen LogP contribution in [-0.2, 0) is 0 Å². The van der Waals surface area contributed by atoms with E-state index in [4.69, 9.17) is 4.74 Å². The largest absolute Gasteiger partial charge is 0.496 e. The summed E-state index contributed by atoms with van der Waals surface area (Å²) >= 11 is 0. The lowest BCUT2D eigenvalue weighted by Crippen LogP contribution is -2.35. The number of likely N-dealkylation sites (tertiary alicyclic amines) is 1. The van der Waals surface area contributed by atoms with Gasteiger partial charge in [-0.05, 0) is 50.8 Å². The summed E-state index contributed by atoms with van der Waals surface area (Å²) < 4.78 is 5.36. The standard InChI is InChI=1S/C17H27NO2/c1-13-6-7-17(20-3)15(11-13)16(19)8-10-18-9-4-5-14(2)12-18/h6-7,11,14,16,19H,4-5,8-10,12H2,1-3H3. The minimum absolute atomic E-state index is 0.443. The number of ether oxygens (including phenoxy) is 1. The van der Waals surface area contributed by atoms with Crippen molar-refractivity contribution in [2.24, 2.45) is 5.92 Å². The molecule has 112 valence electrons. The first kappa shape index (κ1) is 15.3. The second-order valence-corrected chi connectivity index (χ2v) is 6.10. The van der Waals surface area contributed by atoms with E-state index in [-0.39, 0.29) is 0 Å². The van der Waals surface area contributed by atoms with Crippen molar-refractivity contribution in [3.05, 3.63) is 29.3 Å². The molecule has 1 aliphatic rings. The molecule has 1 heterocycles. The summed E-state index contributed by atoms with van der Waals surface area (Å²) in [6.07, 6.45) is 2.95. The maximum Gasteiger partial charge on any atom is 0.124 e. The first-order valence-electron chi connectivity index (χ1n) is 7.65. The van der Waals surface area contributed by atoms with Crippen LogP contribution in [0, 0.1) is 12.8 Å². The first-order valence-corrected chi connectivity index (χ1v) is 7.65. The quantitative estimate of drug-likeness (QED) is 0.897. The highest BCUT2D eigenvalue weighted by molar-refractivity contribution is 5.38.